The van der Waals surface area contributed by atoms with Crippen LogP contribution in [0.1, 0.15) is 78.6 Å². The van der Waals surface area contributed by atoms with Crippen molar-refractivity contribution in [3.63, 3.8) is 0 Å². The van der Waals surface area contributed by atoms with E-state index < -0.39 is 0 Å². The van der Waals surface area contributed by atoms with Gasteiger partial charge >= 0.3 is 0 Å². The molecule has 4 aliphatic carbocycles. The molecule has 4 aliphatic rings. The second kappa shape index (κ2) is 7.17. The van der Waals surface area contributed by atoms with Crippen molar-refractivity contribution in [2.24, 2.45) is 51.3 Å². The van der Waals surface area contributed by atoms with Crippen LogP contribution in [-0.4, -0.2) is 24.6 Å². The van der Waals surface area contributed by atoms with E-state index in [1.54, 1.807) is 0 Å². The number of carbonyl (C=O) groups excluding carboxylic acids is 1. The van der Waals surface area contributed by atoms with Crippen LogP contribution in [0.25, 0.3) is 0 Å². The summed E-state index contributed by atoms with van der Waals surface area (Å²) in [5, 5.41) is 4.52. The molecule has 0 spiro atoms. The molecule has 0 saturated heterocycles. The Labute approximate surface area is 164 Å². The molecular formula is C23H38N2O2. The molecular weight excluding hydrogens is 336 g/mol. The molecule has 0 radical (unpaired) electrons. The lowest BCUT2D eigenvalue weighted by atomic mass is 9.43. The third-order valence-corrected chi connectivity index (χ3v) is 9.32. The van der Waals surface area contributed by atoms with Crippen molar-refractivity contribution in [2.45, 2.75) is 78.6 Å². The average molecular weight is 375 g/mol. The van der Waals surface area contributed by atoms with Crippen LogP contribution in [0.2, 0.25) is 0 Å². The Bertz CT molecular complexity index is 617. The number of nitrogens with two attached hydrogens (primary N) is 1. The fraction of sp³-hybridized carbons (Fsp3) is 0.913. The van der Waals surface area contributed by atoms with Gasteiger partial charge in [-0.05, 0) is 80.5 Å². The molecule has 0 bridgehead atoms. The highest BCUT2D eigenvalue weighted by molar-refractivity contribution is 5.88. The minimum atomic E-state index is -0.00807. The van der Waals surface area contributed by atoms with Gasteiger partial charge in [-0.25, -0.2) is 0 Å². The van der Waals surface area contributed by atoms with E-state index in [0.29, 0.717) is 36.2 Å². The summed E-state index contributed by atoms with van der Waals surface area (Å²) < 4.78 is 0. The average Bonchev–Trinajstić information content (AvgIpc) is 2.97. The van der Waals surface area contributed by atoms with Gasteiger partial charge < -0.3 is 10.6 Å². The van der Waals surface area contributed by atoms with Crippen molar-refractivity contribution in [1.82, 2.24) is 0 Å². The number of hydrogen-bond donors (Lipinski definition) is 1. The number of rotatable bonds is 4. The van der Waals surface area contributed by atoms with Crippen LogP contribution < -0.4 is 5.73 Å². The monoisotopic (exact) mass is 374 g/mol. The van der Waals surface area contributed by atoms with Crippen LogP contribution in [0.4, 0.5) is 0 Å². The van der Waals surface area contributed by atoms with Gasteiger partial charge in [0.1, 0.15) is 12.4 Å². The molecule has 0 aromatic heterocycles. The van der Waals surface area contributed by atoms with Gasteiger partial charge in [0.2, 0.25) is 0 Å². The lowest BCUT2D eigenvalue weighted by Gasteiger charge is -2.61. The summed E-state index contributed by atoms with van der Waals surface area (Å²) in [6, 6.07) is 0. The molecule has 0 heterocycles. The van der Waals surface area contributed by atoms with Crippen molar-refractivity contribution in [3.05, 3.63) is 0 Å². The standard InChI is InChI=1S/C23H38N2O2/c1-4-15-17-6-5-16-18-7-8-21(26)23(18,3)11-9-19(16)22(17,2)12-10-20(15)25-27-14-13-24/h15-19H,4-14,24H2,1-3H3/b25-20+/t15-,16+,17?,18+,19+,22+,23+/m1/s1. The number of oxime groups is 1. The maximum absolute atomic E-state index is 12.6. The summed E-state index contributed by atoms with van der Waals surface area (Å²) in [5.74, 6) is 4.03. The Kier molecular flexibility index (Phi) is 5.15. The quantitative estimate of drug-likeness (QED) is 0.579. The van der Waals surface area contributed by atoms with Crippen molar-refractivity contribution >= 4 is 11.5 Å². The van der Waals surface area contributed by atoms with E-state index >= 15 is 0 Å². The van der Waals surface area contributed by atoms with Gasteiger partial charge in [-0.1, -0.05) is 25.9 Å². The fourth-order valence-corrected chi connectivity index (χ4v) is 7.92. The Morgan fingerprint density at radius 2 is 1.89 bits per heavy atom. The van der Waals surface area contributed by atoms with Crippen molar-refractivity contribution in [1.29, 1.82) is 0 Å². The van der Waals surface area contributed by atoms with Crippen LogP contribution in [0, 0.1) is 40.4 Å². The Morgan fingerprint density at radius 1 is 1.07 bits per heavy atom. The summed E-state index contributed by atoms with van der Waals surface area (Å²) in [6.45, 7) is 8.22. The highest BCUT2D eigenvalue weighted by Crippen LogP contribution is 2.66. The maximum Gasteiger partial charge on any atom is 0.139 e. The van der Waals surface area contributed by atoms with Crippen LogP contribution in [0.5, 0.6) is 0 Å². The van der Waals surface area contributed by atoms with Gasteiger partial charge in [-0.15, -0.1) is 0 Å². The Hall–Kier alpha value is -0.900. The van der Waals surface area contributed by atoms with Gasteiger partial charge in [0.25, 0.3) is 0 Å². The number of nitrogens with zero attached hydrogens (tertiary/aromatic N) is 1. The van der Waals surface area contributed by atoms with Crippen LogP contribution in [0.15, 0.2) is 5.16 Å². The van der Waals surface area contributed by atoms with Gasteiger partial charge in [0.15, 0.2) is 0 Å². The van der Waals surface area contributed by atoms with Crippen LogP contribution >= 0.6 is 0 Å². The predicted octanol–water partition coefficient (Wildman–Crippen LogP) is 4.57. The van der Waals surface area contributed by atoms with Gasteiger partial charge in [0, 0.05) is 24.3 Å². The zero-order valence-electron chi connectivity index (χ0n) is 17.5. The highest BCUT2D eigenvalue weighted by Gasteiger charge is 2.61. The molecule has 0 aromatic carbocycles. The number of carbonyl (C=O) groups is 1. The topological polar surface area (TPSA) is 64.7 Å². The smallest absolute Gasteiger partial charge is 0.139 e. The third-order valence-electron chi connectivity index (χ3n) is 9.32. The molecule has 4 fully saturated rings. The Morgan fingerprint density at radius 3 is 2.63 bits per heavy atom. The van der Waals surface area contributed by atoms with E-state index in [4.69, 9.17) is 10.6 Å². The van der Waals surface area contributed by atoms with E-state index in [9.17, 15) is 4.79 Å². The minimum absolute atomic E-state index is 0.00807. The van der Waals surface area contributed by atoms with Crippen molar-refractivity contribution in [3.8, 4) is 0 Å². The van der Waals surface area contributed by atoms with Crippen LogP contribution in [0.3, 0.4) is 0 Å². The molecule has 2 N–H and O–H groups in total. The zero-order chi connectivity index (χ0) is 19.2. The van der Waals surface area contributed by atoms with E-state index in [2.05, 4.69) is 25.9 Å². The molecule has 4 nitrogen and oxygen atoms in total. The van der Waals surface area contributed by atoms with E-state index in [1.165, 1.54) is 31.4 Å². The van der Waals surface area contributed by atoms with Crippen molar-refractivity contribution in [2.75, 3.05) is 13.2 Å². The first kappa shape index (κ1) is 19.4. The summed E-state index contributed by atoms with van der Waals surface area (Å²) >= 11 is 0. The number of ketones is 1. The molecule has 27 heavy (non-hydrogen) atoms. The van der Waals surface area contributed by atoms with Gasteiger partial charge in [-0.2, -0.15) is 0 Å². The first-order chi connectivity index (χ1) is 13.0. The maximum atomic E-state index is 12.6. The second-order valence-corrected chi connectivity index (χ2v) is 10.2. The predicted molar refractivity (Wildman–Crippen MR) is 108 cm³/mol. The van der Waals surface area contributed by atoms with E-state index in [-0.39, 0.29) is 5.41 Å². The minimum Gasteiger partial charge on any atom is -0.394 e. The largest absolute Gasteiger partial charge is 0.394 e. The molecule has 0 amide bonds. The van der Waals surface area contributed by atoms with Gasteiger partial charge in [-0.3, -0.25) is 4.79 Å². The van der Waals surface area contributed by atoms with E-state index in [0.717, 1.165) is 49.9 Å². The highest BCUT2D eigenvalue weighted by atomic mass is 16.6. The lowest BCUT2D eigenvalue weighted by Crippen LogP contribution is -2.56. The number of hydrogen-bond acceptors (Lipinski definition) is 4. The van der Waals surface area contributed by atoms with Crippen LogP contribution in [-0.2, 0) is 9.63 Å². The summed E-state index contributed by atoms with van der Waals surface area (Å²) in [7, 11) is 0. The van der Waals surface area contributed by atoms with Gasteiger partial charge in [0.05, 0.1) is 5.71 Å². The molecule has 152 valence electrons. The molecule has 7 atom stereocenters. The summed E-state index contributed by atoms with van der Waals surface area (Å²) in [6.07, 6.45) is 10.4. The van der Waals surface area contributed by atoms with E-state index in [1.807, 2.05) is 0 Å². The zero-order valence-corrected chi connectivity index (χ0v) is 17.5. The SMILES string of the molecule is CC[C@H]1/C(=N/OCCN)CC[C@@]2(C)C1CC[C@@H]1[C@@H]2CC[C@]2(C)C(=O)CC[C@@H]12. The summed E-state index contributed by atoms with van der Waals surface area (Å²) in [5.41, 5.74) is 7.24. The fourth-order valence-electron chi connectivity index (χ4n) is 7.92. The number of Topliss-reactive ketones (excluding diaryl/α,β-unsaturated/α-hetero) is 1. The first-order valence-electron chi connectivity index (χ1n) is 11.4. The second-order valence-electron chi connectivity index (χ2n) is 10.2. The molecule has 0 aromatic rings. The molecule has 4 heteroatoms. The molecule has 4 rings (SSSR count). The Balaban J connectivity index is 1.58. The molecule has 0 aliphatic heterocycles. The number of fused-ring (bicyclic) bond motifs is 5. The van der Waals surface area contributed by atoms with Crippen molar-refractivity contribution < 1.29 is 9.63 Å². The summed E-state index contributed by atoms with van der Waals surface area (Å²) in [4.78, 5) is 18.1. The molecule has 1 unspecified atom stereocenters. The molecule has 4 saturated carbocycles. The first-order valence-corrected chi connectivity index (χ1v) is 11.4. The normalized spacial score (nSPS) is 48.1. The lowest BCUT2D eigenvalue weighted by molar-refractivity contribution is -0.138. The third kappa shape index (κ3) is 2.89.